The first-order chi connectivity index (χ1) is 11.6. The number of rotatable bonds is 6. The summed E-state index contributed by atoms with van der Waals surface area (Å²) in [6, 6.07) is 5.57. The van der Waals surface area contributed by atoms with Crippen molar-refractivity contribution in [2.45, 2.75) is 38.2 Å². The van der Waals surface area contributed by atoms with Crippen LogP contribution in [-0.4, -0.2) is 23.6 Å². The zero-order valence-electron chi connectivity index (χ0n) is 13.1. The van der Waals surface area contributed by atoms with Gasteiger partial charge in [0.15, 0.2) is 5.13 Å². The minimum atomic E-state index is -0.0130. The molecule has 3 rings (SSSR count). The maximum absolute atomic E-state index is 12.0. The van der Waals surface area contributed by atoms with Crippen molar-refractivity contribution in [1.82, 2.24) is 4.98 Å². The predicted molar refractivity (Wildman–Crippen MR) is 98.2 cm³/mol. The third kappa shape index (κ3) is 4.93. The van der Waals surface area contributed by atoms with Crippen LogP contribution in [0.3, 0.4) is 0 Å². The van der Waals surface area contributed by atoms with E-state index in [9.17, 15) is 4.79 Å². The number of carbonyl (C=O) groups excluding carboxylic acids is 1. The van der Waals surface area contributed by atoms with Crippen LogP contribution in [0.4, 0.5) is 5.13 Å². The number of carbonyl (C=O) groups is 1. The highest BCUT2D eigenvalue weighted by atomic mass is 35.5. The van der Waals surface area contributed by atoms with Gasteiger partial charge in [-0.2, -0.15) is 0 Å². The Morgan fingerprint density at radius 1 is 1.38 bits per heavy atom. The van der Waals surface area contributed by atoms with Crippen molar-refractivity contribution >= 4 is 45.6 Å². The zero-order chi connectivity index (χ0) is 16.9. The van der Waals surface area contributed by atoms with Gasteiger partial charge in [-0.1, -0.05) is 29.3 Å². The van der Waals surface area contributed by atoms with E-state index in [1.807, 2.05) is 12.1 Å². The van der Waals surface area contributed by atoms with Gasteiger partial charge < -0.3 is 10.1 Å². The van der Waals surface area contributed by atoms with Crippen LogP contribution in [0.25, 0.3) is 0 Å². The maximum Gasteiger partial charge on any atom is 0.226 e. The molecule has 0 spiro atoms. The lowest BCUT2D eigenvalue weighted by molar-refractivity contribution is -0.116. The second-order valence-corrected chi connectivity index (χ2v) is 7.71. The van der Waals surface area contributed by atoms with Gasteiger partial charge >= 0.3 is 0 Å². The van der Waals surface area contributed by atoms with E-state index < -0.39 is 0 Å². The highest BCUT2D eigenvalue weighted by molar-refractivity contribution is 7.15. The second-order valence-electron chi connectivity index (χ2n) is 5.78. The van der Waals surface area contributed by atoms with E-state index in [1.54, 1.807) is 12.3 Å². The molecule has 0 unspecified atom stereocenters. The summed E-state index contributed by atoms with van der Waals surface area (Å²) in [6.07, 6.45) is 6.11. The number of ether oxygens (including phenoxy) is 1. The molecule has 1 aliphatic rings. The van der Waals surface area contributed by atoms with Gasteiger partial charge in [-0.15, -0.1) is 11.3 Å². The fraction of sp³-hybridized carbons (Fsp3) is 0.412. The number of nitrogens with one attached hydrogen (secondary N) is 1. The van der Waals surface area contributed by atoms with Crippen LogP contribution in [0.2, 0.25) is 10.0 Å². The van der Waals surface area contributed by atoms with E-state index >= 15 is 0 Å². The van der Waals surface area contributed by atoms with Crippen molar-refractivity contribution in [3.8, 4) is 0 Å². The molecular weight excluding hydrogens is 367 g/mol. The average molecular weight is 385 g/mol. The minimum Gasteiger partial charge on any atom is -0.378 e. The molecule has 24 heavy (non-hydrogen) atoms. The number of amides is 1. The number of hydrogen-bond acceptors (Lipinski definition) is 4. The number of hydrogen-bond donors (Lipinski definition) is 1. The molecule has 2 aromatic rings. The van der Waals surface area contributed by atoms with Gasteiger partial charge in [0.25, 0.3) is 0 Å². The fourth-order valence-corrected chi connectivity index (χ4v) is 3.83. The molecule has 1 saturated heterocycles. The van der Waals surface area contributed by atoms with Gasteiger partial charge in [-0.25, -0.2) is 4.98 Å². The Bertz CT molecular complexity index is 714. The van der Waals surface area contributed by atoms with Crippen LogP contribution in [0, 0.1) is 0 Å². The quantitative estimate of drug-likeness (QED) is 0.767. The standard InChI is InChI=1S/C17H18Cl2N2O2S/c18-14-5-3-11(9-15(14)19)8-13-10-20-17(24-13)21-16(22)6-4-12-2-1-7-23-12/h3,5,9-10,12H,1-2,4,6-8H2,(H,20,21,22)/t12-/m1/s1. The van der Waals surface area contributed by atoms with Gasteiger partial charge in [0.1, 0.15) is 0 Å². The normalized spacial score (nSPS) is 17.2. The number of aromatic nitrogens is 1. The molecule has 1 aliphatic heterocycles. The minimum absolute atomic E-state index is 0.0130. The summed E-state index contributed by atoms with van der Waals surface area (Å²) in [5, 5.41) is 4.57. The lowest BCUT2D eigenvalue weighted by atomic mass is 10.1. The summed E-state index contributed by atoms with van der Waals surface area (Å²) < 4.78 is 5.53. The van der Waals surface area contributed by atoms with E-state index in [0.717, 1.165) is 36.3 Å². The summed E-state index contributed by atoms with van der Waals surface area (Å²) in [5.41, 5.74) is 1.06. The van der Waals surface area contributed by atoms with Gasteiger partial charge in [0.05, 0.1) is 16.1 Å². The number of halogens is 2. The summed E-state index contributed by atoms with van der Waals surface area (Å²) in [5.74, 6) is -0.0130. The van der Waals surface area contributed by atoms with Crippen molar-refractivity contribution in [2.24, 2.45) is 0 Å². The van der Waals surface area contributed by atoms with Crippen LogP contribution in [0.1, 0.15) is 36.1 Å². The lowest BCUT2D eigenvalue weighted by Crippen LogP contribution is -2.15. The topological polar surface area (TPSA) is 51.2 Å². The van der Waals surface area contributed by atoms with Crippen LogP contribution in [-0.2, 0) is 16.0 Å². The second kappa shape index (κ2) is 8.30. The van der Waals surface area contributed by atoms with Crippen molar-refractivity contribution < 1.29 is 9.53 Å². The third-order valence-corrected chi connectivity index (χ3v) is 5.53. The van der Waals surface area contributed by atoms with Crippen LogP contribution >= 0.6 is 34.5 Å². The number of thiazole rings is 1. The van der Waals surface area contributed by atoms with Crippen molar-refractivity contribution in [3.63, 3.8) is 0 Å². The predicted octanol–water partition coefficient (Wildman–Crippen LogP) is 4.94. The summed E-state index contributed by atoms with van der Waals surface area (Å²) >= 11 is 13.4. The average Bonchev–Trinajstić information content (AvgIpc) is 3.21. The van der Waals surface area contributed by atoms with Crippen LogP contribution in [0.5, 0.6) is 0 Å². The Hall–Kier alpha value is -1.14. The Labute approximate surface area is 155 Å². The maximum atomic E-state index is 12.0. The van der Waals surface area contributed by atoms with Crippen molar-refractivity contribution in [1.29, 1.82) is 0 Å². The molecule has 7 heteroatoms. The molecule has 1 fully saturated rings. The van der Waals surface area contributed by atoms with Crippen molar-refractivity contribution in [3.05, 3.63) is 44.9 Å². The van der Waals surface area contributed by atoms with E-state index in [1.165, 1.54) is 11.3 Å². The first-order valence-electron chi connectivity index (χ1n) is 7.90. The van der Waals surface area contributed by atoms with Gasteiger partial charge in [0.2, 0.25) is 5.91 Å². The molecular formula is C17H18Cl2N2O2S. The van der Waals surface area contributed by atoms with Gasteiger partial charge in [-0.05, 0) is 37.0 Å². The molecule has 0 bridgehead atoms. The lowest BCUT2D eigenvalue weighted by Gasteiger charge is -2.07. The molecule has 128 valence electrons. The number of anilines is 1. The Morgan fingerprint density at radius 3 is 3.00 bits per heavy atom. The molecule has 0 saturated carbocycles. The number of nitrogens with zero attached hydrogens (tertiary/aromatic N) is 1. The zero-order valence-corrected chi connectivity index (χ0v) is 15.4. The molecule has 1 aromatic carbocycles. The number of benzene rings is 1. The largest absolute Gasteiger partial charge is 0.378 e. The first-order valence-corrected chi connectivity index (χ1v) is 9.47. The Kier molecular flexibility index (Phi) is 6.11. The molecule has 2 heterocycles. The Morgan fingerprint density at radius 2 is 2.25 bits per heavy atom. The fourth-order valence-electron chi connectivity index (χ4n) is 2.64. The van der Waals surface area contributed by atoms with Gasteiger partial charge in [-0.3, -0.25) is 4.79 Å². The molecule has 0 radical (unpaired) electrons. The van der Waals surface area contributed by atoms with Crippen molar-refractivity contribution in [2.75, 3.05) is 11.9 Å². The van der Waals surface area contributed by atoms with E-state index in [-0.39, 0.29) is 12.0 Å². The highest BCUT2D eigenvalue weighted by Gasteiger charge is 2.17. The van der Waals surface area contributed by atoms with Crippen LogP contribution < -0.4 is 5.32 Å². The summed E-state index contributed by atoms with van der Waals surface area (Å²) in [6.45, 7) is 0.816. The van der Waals surface area contributed by atoms with E-state index in [2.05, 4.69) is 10.3 Å². The molecule has 4 nitrogen and oxygen atoms in total. The third-order valence-electron chi connectivity index (χ3n) is 3.88. The molecule has 1 aromatic heterocycles. The smallest absolute Gasteiger partial charge is 0.226 e. The van der Waals surface area contributed by atoms with E-state index in [0.29, 0.717) is 28.0 Å². The van der Waals surface area contributed by atoms with E-state index in [4.69, 9.17) is 27.9 Å². The summed E-state index contributed by atoms with van der Waals surface area (Å²) in [4.78, 5) is 17.3. The summed E-state index contributed by atoms with van der Waals surface area (Å²) in [7, 11) is 0. The van der Waals surface area contributed by atoms with Crippen LogP contribution in [0.15, 0.2) is 24.4 Å². The Balaban J connectivity index is 1.51. The molecule has 1 amide bonds. The first kappa shape index (κ1) is 17.7. The van der Waals surface area contributed by atoms with Gasteiger partial charge in [0, 0.05) is 30.5 Å². The molecule has 1 atom stereocenters. The monoisotopic (exact) mass is 384 g/mol. The molecule has 1 N–H and O–H groups in total. The SMILES string of the molecule is O=C(CC[C@H]1CCCO1)Nc1ncc(Cc2ccc(Cl)c(Cl)c2)s1. The highest BCUT2D eigenvalue weighted by Crippen LogP contribution is 2.26. The molecule has 0 aliphatic carbocycles.